The zero-order valence-electron chi connectivity index (χ0n) is 14.8. The Bertz CT molecular complexity index is 507. The van der Waals surface area contributed by atoms with E-state index in [0.717, 1.165) is 37.4 Å². The van der Waals surface area contributed by atoms with Crippen LogP contribution in [0.5, 0.6) is 11.5 Å². The van der Waals surface area contributed by atoms with Gasteiger partial charge in [0.1, 0.15) is 18.1 Å². The third-order valence-corrected chi connectivity index (χ3v) is 4.54. The molecule has 0 bridgehead atoms. The van der Waals surface area contributed by atoms with Crippen molar-refractivity contribution in [2.24, 2.45) is 5.41 Å². The number of likely N-dealkylation sites (N-methyl/N-ethyl adjacent to an activating group) is 1. The van der Waals surface area contributed by atoms with Gasteiger partial charge in [0.05, 0.1) is 25.7 Å². The average molecular weight is 336 g/mol. The standard InChI is InChI=1S/C18H28N2O4/c1-20(12-13-24-16-6-4-15(23-3)5-7-16)17(21)18(14-22-2)8-10-19-11-9-18/h4-7,19H,8-14H2,1-3H3. The van der Waals surface area contributed by atoms with Gasteiger partial charge in [0.15, 0.2) is 0 Å². The van der Waals surface area contributed by atoms with Crippen LogP contribution in [-0.4, -0.2) is 64.9 Å². The topological polar surface area (TPSA) is 60.0 Å². The maximum Gasteiger partial charge on any atom is 0.231 e. The molecule has 1 aromatic rings. The minimum absolute atomic E-state index is 0.143. The number of hydrogen-bond acceptors (Lipinski definition) is 5. The molecule has 1 amide bonds. The fraction of sp³-hybridized carbons (Fsp3) is 0.611. The van der Waals surface area contributed by atoms with Crippen LogP contribution in [-0.2, 0) is 9.53 Å². The van der Waals surface area contributed by atoms with Gasteiger partial charge in [-0.1, -0.05) is 0 Å². The number of piperidine rings is 1. The lowest BCUT2D eigenvalue weighted by Crippen LogP contribution is -2.51. The van der Waals surface area contributed by atoms with E-state index in [0.29, 0.717) is 19.8 Å². The van der Waals surface area contributed by atoms with E-state index in [1.807, 2.05) is 31.3 Å². The zero-order chi connectivity index (χ0) is 17.4. The maximum absolute atomic E-state index is 12.9. The van der Waals surface area contributed by atoms with Crippen LogP contribution in [0.25, 0.3) is 0 Å². The van der Waals surface area contributed by atoms with Crippen molar-refractivity contribution in [3.8, 4) is 11.5 Å². The van der Waals surface area contributed by atoms with E-state index in [1.54, 1.807) is 19.1 Å². The van der Waals surface area contributed by atoms with E-state index >= 15 is 0 Å². The monoisotopic (exact) mass is 336 g/mol. The summed E-state index contributed by atoms with van der Waals surface area (Å²) in [6.45, 7) is 3.17. The second-order valence-corrected chi connectivity index (χ2v) is 6.21. The molecule has 24 heavy (non-hydrogen) atoms. The molecular formula is C18H28N2O4. The van der Waals surface area contributed by atoms with Crippen LogP contribution < -0.4 is 14.8 Å². The van der Waals surface area contributed by atoms with E-state index in [1.165, 1.54) is 0 Å². The molecule has 0 saturated carbocycles. The Kier molecular flexibility index (Phi) is 6.87. The molecule has 0 aromatic heterocycles. The van der Waals surface area contributed by atoms with Gasteiger partial charge in [-0.2, -0.15) is 0 Å². The summed E-state index contributed by atoms with van der Waals surface area (Å²) in [4.78, 5) is 14.6. The largest absolute Gasteiger partial charge is 0.497 e. The van der Waals surface area contributed by atoms with Crippen LogP contribution >= 0.6 is 0 Å². The number of nitrogens with zero attached hydrogens (tertiary/aromatic N) is 1. The van der Waals surface area contributed by atoms with Crippen molar-refractivity contribution in [2.45, 2.75) is 12.8 Å². The highest BCUT2D eigenvalue weighted by Crippen LogP contribution is 2.31. The summed E-state index contributed by atoms with van der Waals surface area (Å²) in [5, 5.41) is 3.30. The number of methoxy groups -OCH3 is 2. The van der Waals surface area contributed by atoms with Crippen LogP contribution in [0.15, 0.2) is 24.3 Å². The molecule has 0 unspecified atom stereocenters. The predicted octanol–water partition coefficient (Wildman–Crippen LogP) is 1.55. The van der Waals surface area contributed by atoms with Crippen molar-refractivity contribution in [1.82, 2.24) is 10.2 Å². The van der Waals surface area contributed by atoms with E-state index in [-0.39, 0.29) is 5.91 Å². The van der Waals surface area contributed by atoms with Crippen molar-refractivity contribution in [2.75, 3.05) is 54.1 Å². The second kappa shape index (κ2) is 8.89. The molecule has 6 heteroatoms. The molecule has 2 rings (SSSR count). The van der Waals surface area contributed by atoms with Crippen molar-refractivity contribution in [1.29, 1.82) is 0 Å². The molecule has 1 aliphatic heterocycles. The van der Waals surface area contributed by atoms with Crippen LogP contribution in [0.2, 0.25) is 0 Å². The van der Waals surface area contributed by atoms with Crippen molar-refractivity contribution < 1.29 is 19.0 Å². The van der Waals surface area contributed by atoms with E-state index in [9.17, 15) is 4.79 Å². The highest BCUT2D eigenvalue weighted by atomic mass is 16.5. The Labute approximate surface area is 144 Å². The molecule has 134 valence electrons. The number of nitrogens with one attached hydrogen (secondary N) is 1. The molecule has 0 radical (unpaired) electrons. The number of rotatable bonds is 8. The van der Waals surface area contributed by atoms with Gasteiger partial charge in [0.25, 0.3) is 0 Å². The molecule has 1 heterocycles. The minimum Gasteiger partial charge on any atom is -0.497 e. The van der Waals surface area contributed by atoms with Crippen molar-refractivity contribution in [3.63, 3.8) is 0 Å². The van der Waals surface area contributed by atoms with Gasteiger partial charge in [-0.05, 0) is 50.2 Å². The molecule has 0 atom stereocenters. The molecule has 0 spiro atoms. The number of ether oxygens (including phenoxy) is 3. The molecule has 0 aliphatic carbocycles. The average Bonchev–Trinajstić information content (AvgIpc) is 2.62. The zero-order valence-corrected chi connectivity index (χ0v) is 14.8. The smallest absolute Gasteiger partial charge is 0.231 e. The fourth-order valence-corrected chi connectivity index (χ4v) is 3.08. The number of hydrogen-bond donors (Lipinski definition) is 1. The third-order valence-electron chi connectivity index (χ3n) is 4.54. The number of carbonyl (C=O) groups excluding carboxylic acids is 1. The Hall–Kier alpha value is -1.79. The second-order valence-electron chi connectivity index (χ2n) is 6.21. The summed E-state index contributed by atoms with van der Waals surface area (Å²) in [7, 11) is 5.12. The van der Waals surface area contributed by atoms with Crippen molar-refractivity contribution >= 4 is 5.91 Å². The van der Waals surface area contributed by atoms with Crippen LogP contribution in [0, 0.1) is 5.41 Å². The summed E-state index contributed by atoms with van der Waals surface area (Å²) in [5.74, 6) is 1.70. The summed E-state index contributed by atoms with van der Waals surface area (Å²) < 4.78 is 16.2. The maximum atomic E-state index is 12.9. The van der Waals surface area contributed by atoms with Gasteiger partial charge in [-0.15, -0.1) is 0 Å². The highest BCUT2D eigenvalue weighted by molar-refractivity contribution is 5.82. The van der Waals surface area contributed by atoms with Gasteiger partial charge < -0.3 is 24.4 Å². The fourth-order valence-electron chi connectivity index (χ4n) is 3.08. The summed E-state index contributed by atoms with van der Waals surface area (Å²) in [6.07, 6.45) is 1.62. The molecule has 1 saturated heterocycles. The number of benzene rings is 1. The summed E-state index contributed by atoms with van der Waals surface area (Å²) in [5.41, 5.74) is -0.408. The normalized spacial score (nSPS) is 16.5. The SMILES string of the molecule is COCC1(C(=O)N(C)CCOc2ccc(OC)cc2)CCNCC1. The summed E-state index contributed by atoms with van der Waals surface area (Å²) in [6, 6.07) is 7.43. The minimum atomic E-state index is -0.408. The lowest BCUT2D eigenvalue weighted by Gasteiger charge is -2.38. The first-order chi connectivity index (χ1) is 11.6. The molecular weight excluding hydrogens is 308 g/mol. The van der Waals surface area contributed by atoms with E-state index < -0.39 is 5.41 Å². The molecule has 1 fully saturated rings. The summed E-state index contributed by atoms with van der Waals surface area (Å²) >= 11 is 0. The quantitative estimate of drug-likeness (QED) is 0.780. The van der Waals surface area contributed by atoms with Crippen LogP contribution in [0.4, 0.5) is 0 Å². The number of amides is 1. The third kappa shape index (κ3) is 4.61. The van der Waals surface area contributed by atoms with Gasteiger partial charge in [-0.25, -0.2) is 0 Å². The Morgan fingerprint density at radius 1 is 1.17 bits per heavy atom. The first-order valence-corrected chi connectivity index (χ1v) is 8.33. The Morgan fingerprint density at radius 2 is 1.79 bits per heavy atom. The van der Waals surface area contributed by atoms with Gasteiger partial charge >= 0.3 is 0 Å². The molecule has 1 aromatic carbocycles. The first-order valence-electron chi connectivity index (χ1n) is 8.33. The first kappa shape index (κ1) is 18.5. The van der Waals surface area contributed by atoms with Gasteiger partial charge in [0, 0.05) is 14.2 Å². The molecule has 6 nitrogen and oxygen atoms in total. The lowest BCUT2D eigenvalue weighted by atomic mass is 9.78. The van der Waals surface area contributed by atoms with Crippen LogP contribution in [0.1, 0.15) is 12.8 Å². The predicted molar refractivity (Wildman–Crippen MR) is 92.5 cm³/mol. The highest BCUT2D eigenvalue weighted by Gasteiger charge is 2.41. The van der Waals surface area contributed by atoms with E-state index in [2.05, 4.69) is 5.32 Å². The Morgan fingerprint density at radius 3 is 2.38 bits per heavy atom. The number of carbonyl (C=O) groups is 1. The van der Waals surface area contributed by atoms with Gasteiger partial charge in [-0.3, -0.25) is 4.79 Å². The van der Waals surface area contributed by atoms with E-state index in [4.69, 9.17) is 14.2 Å². The molecule has 1 N–H and O–H groups in total. The lowest BCUT2D eigenvalue weighted by molar-refractivity contribution is -0.146. The van der Waals surface area contributed by atoms with Gasteiger partial charge in [0.2, 0.25) is 5.91 Å². The Balaban J connectivity index is 1.85. The molecule has 1 aliphatic rings. The van der Waals surface area contributed by atoms with Crippen molar-refractivity contribution in [3.05, 3.63) is 24.3 Å². The van der Waals surface area contributed by atoms with Crippen LogP contribution in [0.3, 0.4) is 0 Å².